The van der Waals surface area contributed by atoms with E-state index in [0.717, 1.165) is 28.6 Å². The number of aliphatic imine (C=N–C) groups is 1. The van der Waals surface area contributed by atoms with Crippen molar-refractivity contribution in [3.63, 3.8) is 0 Å². The standard InChI is InChI=1S/C15H19N3O/c1-10-7-13(10)18-15(16-2)17-9-12-8-11-5-3-4-6-14(11)19-12/h3-6,8,10,13H,7,9H2,1-2H3,(H2,16,17,18). The van der Waals surface area contributed by atoms with Gasteiger partial charge >= 0.3 is 0 Å². The summed E-state index contributed by atoms with van der Waals surface area (Å²) < 4.78 is 5.76. The third-order valence-corrected chi connectivity index (χ3v) is 3.56. The Morgan fingerprint density at radius 1 is 1.42 bits per heavy atom. The molecule has 2 unspecified atom stereocenters. The maximum absolute atomic E-state index is 5.76. The molecule has 1 heterocycles. The van der Waals surface area contributed by atoms with Crippen LogP contribution >= 0.6 is 0 Å². The molecule has 0 spiro atoms. The van der Waals surface area contributed by atoms with Gasteiger partial charge in [-0.2, -0.15) is 0 Å². The van der Waals surface area contributed by atoms with Crippen molar-refractivity contribution in [2.24, 2.45) is 10.9 Å². The molecule has 100 valence electrons. The first-order chi connectivity index (χ1) is 9.26. The summed E-state index contributed by atoms with van der Waals surface area (Å²) in [6, 6.07) is 10.7. The fraction of sp³-hybridized carbons (Fsp3) is 0.400. The summed E-state index contributed by atoms with van der Waals surface area (Å²) in [6.07, 6.45) is 1.23. The quantitative estimate of drug-likeness (QED) is 0.656. The summed E-state index contributed by atoms with van der Waals surface area (Å²) in [6.45, 7) is 2.89. The van der Waals surface area contributed by atoms with Crippen molar-refractivity contribution in [1.82, 2.24) is 10.6 Å². The monoisotopic (exact) mass is 257 g/mol. The molecule has 4 nitrogen and oxygen atoms in total. The predicted molar refractivity (Wildman–Crippen MR) is 77.1 cm³/mol. The van der Waals surface area contributed by atoms with Crippen LogP contribution < -0.4 is 10.6 Å². The van der Waals surface area contributed by atoms with Crippen LogP contribution in [0.15, 0.2) is 39.7 Å². The van der Waals surface area contributed by atoms with Crippen LogP contribution in [0.3, 0.4) is 0 Å². The number of para-hydroxylation sites is 1. The van der Waals surface area contributed by atoms with Gasteiger partial charge in [-0.05, 0) is 24.5 Å². The van der Waals surface area contributed by atoms with E-state index in [4.69, 9.17) is 4.42 Å². The molecule has 2 atom stereocenters. The van der Waals surface area contributed by atoms with Crippen molar-refractivity contribution in [3.8, 4) is 0 Å². The van der Waals surface area contributed by atoms with Gasteiger partial charge in [-0.15, -0.1) is 0 Å². The molecule has 1 aliphatic rings. The Balaban J connectivity index is 1.61. The van der Waals surface area contributed by atoms with Gasteiger partial charge in [0.05, 0.1) is 6.54 Å². The average Bonchev–Trinajstić information content (AvgIpc) is 2.96. The molecule has 2 aromatic rings. The number of fused-ring (bicyclic) bond motifs is 1. The molecule has 4 heteroatoms. The first kappa shape index (κ1) is 12.1. The lowest BCUT2D eigenvalue weighted by Gasteiger charge is -2.09. The van der Waals surface area contributed by atoms with E-state index in [2.05, 4.69) is 34.7 Å². The molecule has 1 aromatic heterocycles. The predicted octanol–water partition coefficient (Wildman–Crippen LogP) is 2.51. The van der Waals surface area contributed by atoms with Crippen molar-refractivity contribution in [3.05, 3.63) is 36.1 Å². The minimum Gasteiger partial charge on any atom is -0.459 e. The highest BCUT2D eigenvalue weighted by molar-refractivity contribution is 5.81. The molecule has 19 heavy (non-hydrogen) atoms. The summed E-state index contributed by atoms with van der Waals surface area (Å²) in [5, 5.41) is 7.81. The summed E-state index contributed by atoms with van der Waals surface area (Å²) >= 11 is 0. The number of hydrogen-bond acceptors (Lipinski definition) is 2. The Morgan fingerprint density at radius 2 is 2.21 bits per heavy atom. The molecule has 3 rings (SSSR count). The van der Waals surface area contributed by atoms with E-state index in [1.807, 2.05) is 18.2 Å². The topological polar surface area (TPSA) is 49.6 Å². The second kappa shape index (κ2) is 4.96. The van der Waals surface area contributed by atoms with Gasteiger partial charge < -0.3 is 15.1 Å². The van der Waals surface area contributed by atoms with E-state index >= 15 is 0 Å². The molecule has 1 aromatic carbocycles. The van der Waals surface area contributed by atoms with Crippen LogP contribution in [0.2, 0.25) is 0 Å². The zero-order chi connectivity index (χ0) is 13.2. The molecule has 1 fully saturated rings. The first-order valence-electron chi connectivity index (χ1n) is 6.71. The number of rotatable bonds is 3. The highest BCUT2D eigenvalue weighted by atomic mass is 16.3. The molecule has 1 saturated carbocycles. The number of hydrogen-bond donors (Lipinski definition) is 2. The van der Waals surface area contributed by atoms with Crippen molar-refractivity contribution in [2.45, 2.75) is 25.9 Å². The number of furan rings is 1. The fourth-order valence-corrected chi connectivity index (χ4v) is 2.19. The Labute approximate surface area is 112 Å². The maximum atomic E-state index is 5.76. The Hall–Kier alpha value is -1.97. The van der Waals surface area contributed by atoms with Gasteiger partial charge in [0.25, 0.3) is 0 Å². The van der Waals surface area contributed by atoms with E-state index in [1.54, 1.807) is 7.05 Å². The zero-order valence-electron chi connectivity index (χ0n) is 11.3. The number of nitrogens with zero attached hydrogens (tertiary/aromatic N) is 1. The molecule has 0 bridgehead atoms. The number of nitrogens with one attached hydrogen (secondary N) is 2. The minimum atomic E-state index is 0.571. The van der Waals surface area contributed by atoms with Crippen LogP contribution in [0, 0.1) is 5.92 Å². The van der Waals surface area contributed by atoms with Gasteiger partial charge in [0.2, 0.25) is 0 Å². The van der Waals surface area contributed by atoms with Crippen LogP contribution in [-0.4, -0.2) is 19.0 Å². The molecular formula is C15H19N3O. The Bertz CT molecular complexity index is 569. The van der Waals surface area contributed by atoms with Gasteiger partial charge in [-0.1, -0.05) is 25.1 Å². The van der Waals surface area contributed by atoms with E-state index in [1.165, 1.54) is 6.42 Å². The number of benzene rings is 1. The Morgan fingerprint density at radius 3 is 2.89 bits per heavy atom. The maximum Gasteiger partial charge on any atom is 0.191 e. The van der Waals surface area contributed by atoms with Crippen LogP contribution in [-0.2, 0) is 6.54 Å². The normalized spacial score (nSPS) is 22.5. The van der Waals surface area contributed by atoms with Gasteiger partial charge in [-0.3, -0.25) is 4.99 Å². The van der Waals surface area contributed by atoms with Gasteiger partial charge in [0, 0.05) is 18.5 Å². The molecule has 0 aliphatic heterocycles. The van der Waals surface area contributed by atoms with E-state index in [9.17, 15) is 0 Å². The largest absolute Gasteiger partial charge is 0.459 e. The van der Waals surface area contributed by atoms with Crippen LogP contribution in [0.4, 0.5) is 0 Å². The highest BCUT2D eigenvalue weighted by Crippen LogP contribution is 2.28. The first-order valence-corrected chi connectivity index (χ1v) is 6.71. The van der Waals surface area contributed by atoms with Gasteiger partial charge in [0.15, 0.2) is 5.96 Å². The Kier molecular flexibility index (Phi) is 3.15. The SMILES string of the molecule is CN=C(NCc1cc2ccccc2o1)NC1CC1C. The van der Waals surface area contributed by atoms with Crippen molar-refractivity contribution in [2.75, 3.05) is 7.05 Å². The van der Waals surface area contributed by atoms with Crippen molar-refractivity contribution < 1.29 is 4.42 Å². The molecule has 1 aliphatic carbocycles. The lowest BCUT2D eigenvalue weighted by Crippen LogP contribution is -2.38. The highest BCUT2D eigenvalue weighted by Gasteiger charge is 2.33. The van der Waals surface area contributed by atoms with E-state index < -0.39 is 0 Å². The lowest BCUT2D eigenvalue weighted by molar-refractivity contribution is 0.538. The molecule has 2 N–H and O–H groups in total. The van der Waals surface area contributed by atoms with E-state index in [0.29, 0.717) is 12.6 Å². The third-order valence-electron chi connectivity index (χ3n) is 3.56. The van der Waals surface area contributed by atoms with Crippen LogP contribution in [0.25, 0.3) is 11.0 Å². The van der Waals surface area contributed by atoms with E-state index in [-0.39, 0.29) is 0 Å². The van der Waals surface area contributed by atoms with Crippen LogP contribution in [0.1, 0.15) is 19.1 Å². The fourth-order valence-electron chi connectivity index (χ4n) is 2.19. The smallest absolute Gasteiger partial charge is 0.191 e. The molecule has 0 radical (unpaired) electrons. The van der Waals surface area contributed by atoms with Crippen LogP contribution in [0.5, 0.6) is 0 Å². The van der Waals surface area contributed by atoms with Gasteiger partial charge in [-0.25, -0.2) is 0 Å². The summed E-state index contributed by atoms with van der Waals surface area (Å²) in [7, 11) is 1.79. The van der Waals surface area contributed by atoms with Crippen molar-refractivity contribution in [1.29, 1.82) is 0 Å². The second-order valence-corrected chi connectivity index (χ2v) is 5.14. The zero-order valence-corrected chi connectivity index (χ0v) is 11.3. The summed E-state index contributed by atoms with van der Waals surface area (Å²) in [5.41, 5.74) is 0.929. The van der Waals surface area contributed by atoms with Crippen molar-refractivity contribution >= 4 is 16.9 Å². The summed E-state index contributed by atoms with van der Waals surface area (Å²) in [5.74, 6) is 2.52. The summed E-state index contributed by atoms with van der Waals surface area (Å²) in [4.78, 5) is 4.22. The number of guanidine groups is 1. The molecule has 0 saturated heterocycles. The second-order valence-electron chi connectivity index (χ2n) is 5.14. The molecular weight excluding hydrogens is 238 g/mol. The minimum absolute atomic E-state index is 0.571. The third kappa shape index (κ3) is 2.72. The average molecular weight is 257 g/mol. The lowest BCUT2D eigenvalue weighted by atomic mass is 10.2. The van der Waals surface area contributed by atoms with Gasteiger partial charge in [0.1, 0.15) is 11.3 Å². The molecule has 0 amide bonds.